The molecule has 7 N–H and O–H groups in total. The Labute approximate surface area is 199 Å². The second-order valence-electron chi connectivity index (χ2n) is 8.15. The number of imidazole rings is 1. The Morgan fingerprint density at radius 3 is 2.03 bits per heavy atom. The summed E-state index contributed by atoms with van der Waals surface area (Å²) in [6.07, 6.45) is 9.21. The Hall–Kier alpha value is -2.87. The summed E-state index contributed by atoms with van der Waals surface area (Å²) < 4.78 is 37.6. The van der Waals surface area contributed by atoms with Gasteiger partial charge in [0.1, 0.15) is 11.6 Å². The second kappa shape index (κ2) is 11.5. The highest BCUT2D eigenvalue weighted by Crippen LogP contribution is 2.28. The summed E-state index contributed by atoms with van der Waals surface area (Å²) in [6.45, 7) is 0. The van der Waals surface area contributed by atoms with E-state index in [9.17, 15) is 21.6 Å². The number of hydrogen-bond donors (Lipinski definition) is 4. The van der Waals surface area contributed by atoms with Crippen LogP contribution in [0.2, 0.25) is 0 Å². The molecule has 1 aromatic carbocycles. The van der Waals surface area contributed by atoms with Crippen LogP contribution >= 0.6 is 0 Å². The summed E-state index contributed by atoms with van der Waals surface area (Å²) in [5, 5.41) is 8.65. The third-order valence-electron chi connectivity index (χ3n) is 4.81. The first kappa shape index (κ1) is 27.4. The molecular weight excluding hydrogens is 480 g/mol. The molecule has 2 heterocycles. The lowest BCUT2D eigenvalue weighted by molar-refractivity contribution is 0.0889. The molecular formula is C21H30N6O5S2. The third kappa shape index (κ3) is 9.95. The molecule has 1 fully saturated rings. The van der Waals surface area contributed by atoms with Gasteiger partial charge in [-0.3, -0.25) is 4.79 Å². The van der Waals surface area contributed by atoms with Crippen LogP contribution in [0.1, 0.15) is 42.5 Å². The molecule has 0 spiro atoms. The van der Waals surface area contributed by atoms with Gasteiger partial charge in [-0.15, -0.1) is 0 Å². The van der Waals surface area contributed by atoms with Gasteiger partial charge >= 0.3 is 0 Å². The van der Waals surface area contributed by atoms with Gasteiger partial charge in [-0.25, -0.2) is 37.1 Å². The van der Waals surface area contributed by atoms with Gasteiger partial charge in [-0.1, -0.05) is 43.5 Å². The van der Waals surface area contributed by atoms with E-state index in [0.717, 1.165) is 53.3 Å². The predicted molar refractivity (Wildman–Crippen MR) is 133 cm³/mol. The Bertz CT molecular complexity index is 1280. The molecule has 0 radical (unpaired) electrons. The van der Waals surface area contributed by atoms with Crippen LogP contribution in [0.15, 0.2) is 36.5 Å². The zero-order chi connectivity index (χ0) is 25.5. The number of fused-ring (bicyclic) bond motifs is 1. The highest BCUT2D eigenvalue weighted by molar-refractivity contribution is 7.88. The number of pyridine rings is 1. The van der Waals surface area contributed by atoms with E-state index in [1.165, 1.54) is 19.3 Å². The van der Waals surface area contributed by atoms with Gasteiger partial charge in [0.05, 0.1) is 29.7 Å². The molecule has 0 unspecified atom stereocenters. The highest BCUT2D eigenvalue weighted by Gasteiger charge is 2.22. The van der Waals surface area contributed by atoms with Gasteiger partial charge in [-0.2, -0.15) is 0 Å². The molecule has 3 aromatic rings. The zero-order valence-corrected chi connectivity index (χ0v) is 20.7. The van der Waals surface area contributed by atoms with Crippen LogP contribution in [0.5, 0.6) is 0 Å². The summed E-state index contributed by atoms with van der Waals surface area (Å²) in [4.78, 5) is 24.4. The Balaban J connectivity index is 0.000000347. The predicted octanol–water partition coefficient (Wildman–Crippen LogP) is 1.78. The number of H-pyrrole nitrogens is 1. The van der Waals surface area contributed by atoms with Crippen LogP contribution in [0, 0.1) is 5.92 Å². The molecule has 2 aromatic heterocycles. The third-order valence-corrected chi connectivity index (χ3v) is 4.81. The minimum absolute atomic E-state index is 0.199. The first-order valence-corrected chi connectivity index (χ1v) is 14.3. The lowest BCUT2D eigenvalue weighted by atomic mass is 9.84. The first-order valence-electron chi connectivity index (χ1n) is 10.4. The number of ketones is 1. The summed E-state index contributed by atoms with van der Waals surface area (Å²) in [5.41, 5.74) is 9.08. The van der Waals surface area contributed by atoms with E-state index in [1.54, 1.807) is 12.3 Å². The van der Waals surface area contributed by atoms with E-state index < -0.39 is 20.0 Å². The van der Waals surface area contributed by atoms with E-state index >= 15 is 0 Å². The quantitative estimate of drug-likeness (QED) is 0.381. The van der Waals surface area contributed by atoms with Gasteiger partial charge in [0.2, 0.25) is 20.0 Å². The number of carbonyl (C=O) groups is 1. The number of hydrogen-bond acceptors (Lipinski definition) is 8. The van der Waals surface area contributed by atoms with Crippen molar-refractivity contribution in [1.29, 1.82) is 0 Å². The maximum atomic E-state index is 12.6. The van der Waals surface area contributed by atoms with Crippen molar-refractivity contribution in [2.24, 2.45) is 16.2 Å². The van der Waals surface area contributed by atoms with E-state index in [1.807, 2.05) is 24.3 Å². The van der Waals surface area contributed by atoms with Crippen molar-refractivity contribution in [3.63, 3.8) is 0 Å². The fourth-order valence-corrected chi connectivity index (χ4v) is 3.45. The van der Waals surface area contributed by atoms with E-state index in [-0.39, 0.29) is 11.7 Å². The molecule has 1 saturated carbocycles. The van der Waals surface area contributed by atoms with Crippen molar-refractivity contribution in [1.82, 2.24) is 15.0 Å². The normalized spacial score (nSPS) is 14.5. The monoisotopic (exact) mass is 510 g/mol. The minimum Gasteiger partial charge on any atom is -0.384 e. The highest BCUT2D eigenvalue weighted by atomic mass is 32.2. The summed E-state index contributed by atoms with van der Waals surface area (Å²) in [6, 6.07) is 9.46. The molecule has 0 aliphatic heterocycles. The molecule has 0 amide bonds. The summed E-state index contributed by atoms with van der Waals surface area (Å²) in [5.74, 6) is 1.69. The number of nitrogens with zero attached hydrogens (tertiary/aromatic N) is 2. The Kier molecular flexibility index (Phi) is 9.27. The Morgan fingerprint density at radius 2 is 1.50 bits per heavy atom. The molecule has 13 heteroatoms. The fraction of sp³-hybridized carbons (Fsp3) is 0.381. The van der Waals surface area contributed by atoms with Gasteiger partial charge in [0, 0.05) is 23.1 Å². The molecule has 34 heavy (non-hydrogen) atoms. The van der Waals surface area contributed by atoms with Crippen LogP contribution in [0.4, 0.5) is 5.82 Å². The summed E-state index contributed by atoms with van der Waals surface area (Å²) in [7, 11) is -6.33. The lowest BCUT2D eigenvalue weighted by Gasteiger charge is -2.20. The SMILES string of the molecule is CS(N)(=O)=O.CS(N)(=O)=O.Nc1cc2nc(-c3ccc(C(=O)C4CCCCC4)cc3)[nH]c2cn1. The maximum Gasteiger partial charge on any atom is 0.206 e. The number of aromatic amines is 1. The molecule has 186 valence electrons. The zero-order valence-electron chi connectivity index (χ0n) is 19.1. The number of nitrogens with one attached hydrogen (secondary N) is 1. The average molecular weight is 511 g/mol. The standard InChI is InChI=1S/C19H20N4O.2CH5NO2S/c20-17-10-15-16(11-21-17)23-19(22-15)14-8-6-13(7-9-14)18(24)12-4-2-1-3-5-12;2*1-5(2,3)4/h6-12H,1-5H2,(H2,20,21)(H,22,23);2*1H3,(H2,2,3,4). The van der Waals surface area contributed by atoms with Crippen LogP contribution in [0.25, 0.3) is 22.4 Å². The number of anilines is 1. The maximum absolute atomic E-state index is 12.6. The van der Waals surface area contributed by atoms with Crippen LogP contribution < -0.4 is 16.0 Å². The molecule has 1 aliphatic carbocycles. The summed E-state index contributed by atoms with van der Waals surface area (Å²) >= 11 is 0. The number of primary sulfonamides is 2. The second-order valence-corrected chi connectivity index (χ2v) is 11.5. The number of sulfonamides is 2. The number of nitrogen functional groups attached to an aromatic ring is 1. The van der Waals surface area contributed by atoms with Crippen LogP contribution in [0.3, 0.4) is 0 Å². The lowest BCUT2D eigenvalue weighted by Crippen LogP contribution is -2.17. The van der Waals surface area contributed by atoms with Crippen molar-refractivity contribution in [3.05, 3.63) is 42.1 Å². The van der Waals surface area contributed by atoms with E-state index in [2.05, 4.69) is 25.2 Å². The molecule has 4 rings (SSSR count). The smallest absolute Gasteiger partial charge is 0.206 e. The van der Waals surface area contributed by atoms with Crippen molar-refractivity contribution in [2.45, 2.75) is 32.1 Å². The topological polar surface area (TPSA) is 205 Å². The first-order chi connectivity index (χ1) is 15.7. The van der Waals surface area contributed by atoms with Gasteiger partial charge in [0.15, 0.2) is 5.78 Å². The van der Waals surface area contributed by atoms with Crippen molar-refractivity contribution >= 4 is 42.7 Å². The minimum atomic E-state index is -3.17. The van der Waals surface area contributed by atoms with Crippen molar-refractivity contribution in [3.8, 4) is 11.4 Å². The number of nitrogens with two attached hydrogens (primary N) is 3. The number of rotatable bonds is 3. The van der Waals surface area contributed by atoms with Gasteiger partial charge < -0.3 is 10.7 Å². The molecule has 0 saturated heterocycles. The van der Waals surface area contributed by atoms with Crippen molar-refractivity contribution < 1.29 is 21.6 Å². The Morgan fingerprint density at radius 1 is 0.971 bits per heavy atom. The average Bonchev–Trinajstić information content (AvgIpc) is 3.15. The molecule has 1 aliphatic rings. The van der Waals surface area contributed by atoms with E-state index in [4.69, 9.17) is 5.73 Å². The fourth-order valence-electron chi connectivity index (χ4n) is 3.45. The van der Waals surface area contributed by atoms with Gasteiger partial charge in [-0.05, 0) is 12.8 Å². The number of carbonyl (C=O) groups excluding carboxylic acids is 1. The van der Waals surface area contributed by atoms with Crippen LogP contribution in [-0.2, 0) is 20.0 Å². The molecule has 11 nitrogen and oxygen atoms in total. The number of Topliss-reactive ketones (excluding diaryl/α,β-unsaturated/α-hetero) is 1. The number of benzene rings is 1. The molecule has 0 atom stereocenters. The van der Waals surface area contributed by atoms with E-state index in [0.29, 0.717) is 5.82 Å². The largest absolute Gasteiger partial charge is 0.384 e. The van der Waals surface area contributed by atoms with Gasteiger partial charge in [0.25, 0.3) is 0 Å². The number of aromatic nitrogens is 3. The van der Waals surface area contributed by atoms with Crippen molar-refractivity contribution in [2.75, 3.05) is 18.2 Å². The van der Waals surface area contributed by atoms with Crippen LogP contribution in [-0.4, -0.2) is 50.1 Å². The molecule has 0 bridgehead atoms.